The van der Waals surface area contributed by atoms with Crippen LogP contribution in [-0.2, 0) is 12.6 Å². The highest BCUT2D eigenvalue weighted by molar-refractivity contribution is 5.44. The van der Waals surface area contributed by atoms with Gasteiger partial charge in [0.05, 0.1) is 24.8 Å². The Bertz CT molecular complexity index is 1130. The van der Waals surface area contributed by atoms with Crippen LogP contribution in [0.2, 0.25) is 0 Å². The summed E-state index contributed by atoms with van der Waals surface area (Å²) in [5, 5.41) is 6.89. The van der Waals surface area contributed by atoms with Crippen LogP contribution in [0.25, 0.3) is 0 Å². The molecule has 0 heterocycles. The van der Waals surface area contributed by atoms with Gasteiger partial charge in [0.2, 0.25) is 0 Å². The summed E-state index contributed by atoms with van der Waals surface area (Å²) < 4.78 is 50.6. The van der Waals surface area contributed by atoms with E-state index in [0.717, 1.165) is 34.5 Å². The third kappa shape index (κ3) is 7.76. The second-order valence-corrected chi connectivity index (χ2v) is 8.64. The average Bonchev–Trinajstić information content (AvgIpc) is 2.90. The number of nitrogens with one attached hydrogen (secondary N) is 2. The van der Waals surface area contributed by atoms with E-state index in [1.54, 1.807) is 12.1 Å². The first-order chi connectivity index (χ1) is 17.8. The number of benzene rings is 3. The lowest BCUT2D eigenvalue weighted by Crippen LogP contribution is -2.31. The summed E-state index contributed by atoms with van der Waals surface area (Å²) in [6, 6.07) is 20.9. The van der Waals surface area contributed by atoms with E-state index in [1.165, 1.54) is 0 Å². The van der Waals surface area contributed by atoms with E-state index in [1.807, 2.05) is 69.4 Å². The summed E-state index contributed by atoms with van der Waals surface area (Å²) in [4.78, 5) is 0. The zero-order chi connectivity index (χ0) is 26.8. The molecule has 0 fully saturated rings. The minimum Gasteiger partial charge on any atom is -0.490 e. The quantitative estimate of drug-likeness (QED) is 0.253. The van der Waals surface area contributed by atoms with E-state index in [0.29, 0.717) is 37.6 Å². The first kappa shape index (κ1) is 28.1. The van der Waals surface area contributed by atoms with Gasteiger partial charge in [0, 0.05) is 18.8 Å². The topological polar surface area (TPSA) is 42.5 Å². The molecule has 0 saturated carbocycles. The van der Waals surface area contributed by atoms with Gasteiger partial charge in [-0.3, -0.25) is 5.32 Å². The minimum atomic E-state index is -4.35. The Balaban J connectivity index is 1.93. The normalized spacial score (nSPS) is 13.0. The zero-order valence-corrected chi connectivity index (χ0v) is 21.6. The van der Waals surface area contributed by atoms with Crippen molar-refractivity contribution >= 4 is 0 Å². The van der Waals surface area contributed by atoms with Crippen LogP contribution in [0.4, 0.5) is 13.2 Å². The van der Waals surface area contributed by atoms with E-state index in [2.05, 4.69) is 17.2 Å². The van der Waals surface area contributed by atoms with Gasteiger partial charge < -0.3 is 14.8 Å². The molecule has 0 saturated heterocycles. The number of halogens is 3. The Labute approximate surface area is 217 Å². The van der Waals surface area contributed by atoms with E-state index in [4.69, 9.17) is 9.47 Å². The van der Waals surface area contributed by atoms with Crippen molar-refractivity contribution in [2.45, 2.75) is 44.9 Å². The maximum absolute atomic E-state index is 13.0. The van der Waals surface area contributed by atoms with Gasteiger partial charge in [-0.2, -0.15) is 13.2 Å². The predicted molar refractivity (Wildman–Crippen MR) is 142 cm³/mol. The Kier molecular flexibility index (Phi) is 10.0. The molecular formula is C30H35F3N2O2. The fourth-order valence-electron chi connectivity index (χ4n) is 4.19. The fourth-order valence-corrected chi connectivity index (χ4v) is 4.19. The molecule has 3 rings (SSSR count). The average molecular weight is 513 g/mol. The largest absolute Gasteiger partial charge is 0.490 e. The van der Waals surface area contributed by atoms with Crippen molar-refractivity contribution in [1.29, 1.82) is 0 Å². The molecule has 3 aromatic rings. The molecule has 0 aliphatic carbocycles. The monoisotopic (exact) mass is 512 g/mol. The molecular weight excluding hydrogens is 477 g/mol. The number of hydrogen-bond acceptors (Lipinski definition) is 4. The molecule has 0 aliphatic rings. The number of hydrogen-bond donors (Lipinski definition) is 2. The molecule has 2 N–H and O–H groups in total. The molecule has 0 amide bonds. The van der Waals surface area contributed by atoms with E-state index < -0.39 is 11.7 Å². The number of ether oxygens (including phenoxy) is 2. The second kappa shape index (κ2) is 13.2. The summed E-state index contributed by atoms with van der Waals surface area (Å²) >= 11 is 0. The van der Waals surface area contributed by atoms with E-state index >= 15 is 0 Å². The summed E-state index contributed by atoms with van der Waals surface area (Å²) in [6.07, 6.45) is -3.12. The maximum Gasteiger partial charge on any atom is 0.416 e. The standard InChI is InChI=1S/C30H35F3N2O2/c1-5-36-27-19-15-24(20-28(27)37-6-2)26(18-14-22-12-16-25(17-13-22)30(31,32)33)35-29(21(3)34-4)23-10-8-7-9-11-23/h7-13,15-17,19-20,26,29,34-35H,3,5-6,14,18H2,1-2,4H3/t26-,29+/m1/s1. The molecule has 0 radical (unpaired) electrons. The lowest BCUT2D eigenvalue weighted by Gasteiger charge is -2.29. The molecule has 0 aliphatic heterocycles. The molecule has 0 unspecified atom stereocenters. The number of alkyl halides is 3. The van der Waals surface area contributed by atoms with Crippen molar-refractivity contribution in [2.24, 2.45) is 0 Å². The van der Waals surface area contributed by atoms with Gasteiger partial charge in [0.15, 0.2) is 11.5 Å². The maximum atomic E-state index is 13.0. The van der Waals surface area contributed by atoms with Crippen LogP contribution in [0, 0.1) is 0 Å². The first-order valence-corrected chi connectivity index (χ1v) is 12.5. The highest BCUT2D eigenvalue weighted by Gasteiger charge is 2.30. The van der Waals surface area contributed by atoms with Gasteiger partial charge in [-0.1, -0.05) is 55.1 Å². The molecule has 0 bridgehead atoms. The number of rotatable bonds is 13. The second-order valence-electron chi connectivity index (χ2n) is 8.64. The van der Waals surface area contributed by atoms with Crippen molar-refractivity contribution in [3.63, 3.8) is 0 Å². The van der Waals surface area contributed by atoms with Gasteiger partial charge >= 0.3 is 6.18 Å². The molecule has 37 heavy (non-hydrogen) atoms. The summed E-state index contributed by atoms with van der Waals surface area (Å²) in [7, 11) is 1.83. The smallest absolute Gasteiger partial charge is 0.416 e. The lowest BCUT2D eigenvalue weighted by atomic mass is 9.95. The van der Waals surface area contributed by atoms with Gasteiger partial charge in [-0.25, -0.2) is 0 Å². The van der Waals surface area contributed by atoms with Crippen LogP contribution in [0.1, 0.15) is 54.6 Å². The molecule has 198 valence electrons. The molecule has 0 spiro atoms. The molecule has 2 atom stereocenters. The third-order valence-electron chi connectivity index (χ3n) is 6.14. The van der Waals surface area contributed by atoms with Crippen molar-refractivity contribution in [1.82, 2.24) is 10.6 Å². The van der Waals surface area contributed by atoms with Crippen molar-refractivity contribution in [2.75, 3.05) is 20.3 Å². The highest BCUT2D eigenvalue weighted by atomic mass is 19.4. The fraction of sp³-hybridized carbons (Fsp3) is 0.333. The van der Waals surface area contributed by atoms with Crippen LogP contribution in [-0.4, -0.2) is 20.3 Å². The Morgan fingerprint density at radius 1 is 0.865 bits per heavy atom. The number of aryl methyl sites for hydroxylation is 1. The van der Waals surface area contributed by atoms with Crippen molar-refractivity contribution in [3.05, 3.63) is 107 Å². The minimum absolute atomic E-state index is 0.146. The zero-order valence-electron chi connectivity index (χ0n) is 21.6. The Morgan fingerprint density at radius 3 is 2.11 bits per heavy atom. The third-order valence-corrected chi connectivity index (χ3v) is 6.14. The van der Waals surface area contributed by atoms with Crippen LogP contribution in [0.5, 0.6) is 11.5 Å². The predicted octanol–water partition coefficient (Wildman–Crippen LogP) is 7.24. The van der Waals surface area contributed by atoms with Gasteiger partial charge in [0.25, 0.3) is 0 Å². The van der Waals surface area contributed by atoms with Crippen LogP contribution < -0.4 is 20.1 Å². The van der Waals surface area contributed by atoms with E-state index in [-0.39, 0.29) is 12.1 Å². The van der Waals surface area contributed by atoms with Gasteiger partial charge in [0.1, 0.15) is 0 Å². The van der Waals surface area contributed by atoms with Crippen LogP contribution >= 0.6 is 0 Å². The van der Waals surface area contributed by atoms with Gasteiger partial charge in [-0.05, 0) is 67.6 Å². The van der Waals surface area contributed by atoms with Crippen LogP contribution in [0.15, 0.2) is 85.1 Å². The lowest BCUT2D eigenvalue weighted by molar-refractivity contribution is -0.137. The molecule has 3 aromatic carbocycles. The Hall–Kier alpha value is -3.45. The van der Waals surface area contributed by atoms with Crippen molar-refractivity contribution in [3.8, 4) is 11.5 Å². The molecule has 0 aromatic heterocycles. The SMILES string of the molecule is C=C(NC)[C@H](N[C@H](CCc1ccc(C(F)(F)F)cc1)c1ccc(OCC)c(OCC)c1)c1ccccc1. The van der Waals surface area contributed by atoms with Crippen molar-refractivity contribution < 1.29 is 22.6 Å². The number of likely N-dealkylation sites (N-methyl/N-ethyl adjacent to an activating group) is 1. The van der Waals surface area contributed by atoms with Crippen LogP contribution in [0.3, 0.4) is 0 Å². The Morgan fingerprint density at radius 2 is 1.51 bits per heavy atom. The summed E-state index contributed by atoms with van der Waals surface area (Å²) in [6.45, 7) is 9.07. The van der Waals surface area contributed by atoms with E-state index in [9.17, 15) is 13.2 Å². The molecule has 7 heteroatoms. The highest BCUT2D eigenvalue weighted by Crippen LogP contribution is 2.34. The first-order valence-electron chi connectivity index (χ1n) is 12.5. The molecule has 4 nitrogen and oxygen atoms in total. The summed E-state index contributed by atoms with van der Waals surface area (Å²) in [5.74, 6) is 1.33. The van der Waals surface area contributed by atoms with Gasteiger partial charge in [-0.15, -0.1) is 0 Å². The summed E-state index contributed by atoms with van der Waals surface area (Å²) in [5.41, 5.74) is 3.04.